The first kappa shape index (κ1) is 43.0. The van der Waals surface area contributed by atoms with Crippen molar-refractivity contribution in [1.29, 1.82) is 0 Å². The van der Waals surface area contributed by atoms with Crippen LogP contribution in [0.15, 0.2) is 18.2 Å². The third kappa shape index (κ3) is 20.9. The third-order valence-electron chi connectivity index (χ3n) is 6.57. The molecular formula is C32H60FNO4. The lowest BCUT2D eigenvalue weighted by molar-refractivity contribution is -0.106. The average molecular weight is 542 g/mol. The fraction of sp³-hybridized carbons (Fsp3) is 0.719. The molecule has 38 heavy (non-hydrogen) atoms. The fourth-order valence-electron chi connectivity index (χ4n) is 4.89. The van der Waals surface area contributed by atoms with E-state index in [9.17, 15) is 4.39 Å². The predicted molar refractivity (Wildman–Crippen MR) is 162 cm³/mol. The van der Waals surface area contributed by atoms with Crippen LogP contribution in [0.3, 0.4) is 0 Å². The largest absolute Gasteiger partial charge is 0.493 e. The summed E-state index contributed by atoms with van der Waals surface area (Å²) in [6.45, 7) is 20.9. The predicted octanol–water partition coefficient (Wildman–Crippen LogP) is 8.55. The number of rotatable bonds is 12. The van der Waals surface area contributed by atoms with Gasteiger partial charge in [0.1, 0.15) is 31.4 Å². The Morgan fingerprint density at radius 2 is 1.53 bits per heavy atom. The Balaban J connectivity index is -0.000000301. The zero-order valence-electron chi connectivity index (χ0n) is 26.2. The van der Waals surface area contributed by atoms with Crippen LogP contribution in [0.1, 0.15) is 118 Å². The van der Waals surface area contributed by atoms with Gasteiger partial charge < -0.3 is 24.4 Å². The standard InChI is InChI=1S/C20H31FO.C6H15N.C2H4O.C2H6.2CH2O/c1-4-10-20(11-5-2)14-17(15-20)7-6-12-22-18-9-8-16(3)19(21)13-18;1-4-6(5-2)7-3;1-2-3;3*1-2/h8-9,13,17H,4-7,10-12,14-15H2,1-3H3;6-7H,4-5H2,1-3H3;2H,1H3;1-2H3;2*1H2. The van der Waals surface area contributed by atoms with E-state index in [1.807, 2.05) is 40.5 Å². The van der Waals surface area contributed by atoms with Gasteiger partial charge in [0, 0.05) is 12.1 Å². The monoisotopic (exact) mass is 541 g/mol. The summed E-state index contributed by atoms with van der Waals surface area (Å²) in [6, 6.07) is 5.86. The molecule has 1 aromatic carbocycles. The summed E-state index contributed by atoms with van der Waals surface area (Å²) in [6.07, 6.45) is 13.8. The summed E-state index contributed by atoms with van der Waals surface area (Å²) in [5, 5.41) is 3.20. The van der Waals surface area contributed by atoms with Gasteiger partial charge in [-0.05, 0) is 95.2 Å². The van der Waals surface area contributed by atoms with Crippen molar-refractivity contribution in [2.45, 2.75) is 126 Å². The molecule has 1 aliphatic carbocycles. The van der Waals surface area contributed by atoms with Gasteiger partial charge in [-0.2, -0.15) is 0 Å². The van der Waals surface area contributed by atoms with Crippen LogP contribution in [0.5, 0.6) is 5.75 Å². The molecule has 1 saturated carbocycles. The zero-order chi connectivity index (χ0) is 30.4. The van der Waals surface area contributed by atoms with E-state index in [0.717, 1.165) is 24.7 Å². The van der Waals surface area contributed by atoms with E-state index in [4.69, 9.17) is 19.1 Å². The molecule has 1 N–H and O–H groups in total. The van der Waals surface area contributed by atoms with Crippen LogP contribution in [-0.2, 0) is 14.4 Å². The molecule has 0 radical (unpaired) electrons. The third-order valence-corrected chi connectivity index (χ3v) is 6.57. The number of nitrogens with one attached hydrogen (secondary N) is 1. The molecule has 1 aliphatic rings. The van der Waals surface area contributed by atoms with Crippen LogP contribution in [0, 0.1) is 24.1 Å². The molecule has 1 aromatic rings. The highest BCUT2D eigenvalue weighted by molar-refractivity contribution is 5.44. The van der Waals surface area contributed by atoms with E-state index in [0.29, 0.717) is 23.3 Å². The van der Waals surface area contributed by atoms with E-state index in [1.165, 1.54) is 70.8 Å². The minimum Gasteiger partial charge on any atom is -0.493 e. The highest BCUT2D eigenvalue weighted by atomic mass is 19.1. The Hall–Kier alpha value is -2.08. The second kappa shape index (κ2) is 31.1. The highest BCUT2D eigenvalue weighted by Crippen LogP contribution is 2.53. The number of benzene rings is 1. The number of hydrogen-bond donors (Lipinski definition) is 1. The molecule has 1 fully saturated rings. The number of halogens is 1. The van der Waals surface area contributed by atoms with E-state index >= 15 is 0 Å². The molecule has 5 nitrogen and oxygen atoms in total. The van der Waals surface area contributed by atoms with Crippen molar-refractivity contribution in [1.82, 2.24) is 5.32 Å². The maximum atomic E-state index is 13.4. The summed E-state index contributed by atoms with van der Waals surface area (Å²) in [4.78, 5) is 24.8. The molecule has 0 amide bonds. The van der Waals surface area contributed by atoms with Crippen LogP contribution in [-0.4, -0.2) is 39.6 Å². The molecule has 0 unspecified atom stereocenters. The van der Waals surface area contributed by atoms with Gasteiger partial charge in [0.05, 0.1) is 6.61 Å². The van der Waals surface area contributed by atoms with Gasteiger partial charge >= 0.3 is 0 Å². The topological polar surface area (TPSA) is 72.5 Å². The normalized spacial score (nSPS) is 12.6. The highest BCUT2D eigenvalue weighted by Gasteiger charge is 2.41. The van der Waals surface area contributed by atoms with Gasteiger partial charge in [-0.3, -0.25) is 0 Å². The summed E-state index contributed by atoms with van der Waals surface area (Å²) in [5.41, 5.74) is 1.33. The fourth-order valence-corrected chi connectivity index (χ4v) is 4.89. The number of hydrogen-bond acceptors (Lipinski definition) is 5. The lowest BCUT2D eigenvalue weighted by atomic mass is 9.57. The Labute approximate surface area is 234 Å². The molecule has 2 rings (SSSR count). The average Bonchev–Trinajstić information content (AvgIpc) is 2.93. The van der Waals surface area contributed by atoms with Crippen LogP contribution in [0.2, 0.25) is 0 Å². The Bertz CT molecular complexity index is 616. The van der Waals surface area contributed by atoms with Crippen LogP contribution >= 0.6 is 0 Å². The molecule has 224 valence electrons. The van der Waals surface area contributed by atoms with E-state index in [-0.39, 0.29) is 5.82 Å². The first-order valence-electron chi connectivity index (χ1n) is 14.4. The Morgan fingerprint density at radius 1 is 1.05 bits per heavy atom. The minimum absolute atomic E-state index is 0.180. The number of carbonyl (C=O) groups is 3. The zero-order valence-corrected chi connectivity index (χ0v) is 26.2. The molecule has 0 spiro atoms. The van der Waals surface area contributed by atoms with Gasteiger partial charge in [-0.15, -0.1) is 0 Å². The van der Waals surface area contributed by atoms with Crippen molar-refractivity contribution in [3.8, 4) is 5.75 Å². The second-order valence-electron chi connectivity index (χ2n) is 9.21. The van der Waals surface area contributed by atoms with Gasteiger partial charge in [0.25, 0.3) is 0 Å². The SMILES string of the molecule is C=O.C=O.CC.CC=O.CCC(CC)NC.CCCC1(CCC)CC(CCCOc2ccc(C)c(F)c2)C1. The van der Waals surface area contributed by atoms with Crippen molar-refractivity contribution in [3.63, 3.8) is 0 Å². The van der Waals surface area contributed by atoms with Crippen molar-refractivity contribution >= 4 is 19.9 Å². The number of ether oxygens (including phenoxy) is 1. The first-order chi connectivity index (χ1) is 18.3. The molecule has 0 aromatic heterocycles. The number of aryl methyl sites for hydroxylation is 1. The Morgan fingerprint density at radius 3 is 1.87 bits per heavy atom. The quantitative estimate of drug-likeness (QED) is 0.212. The molecule has 0 heterocycles. The molecule has 6 heteroatoms. The smallest absolute Gasteiger partial charge is 0.129 e. The van der Waals surface area contributed by atoms with Gasteiger partial charge in [-0.25, -0.2) is 4.39 Å². The van der Waals surface area contributed by atoms with Gasteiger partial charge in [0.15, 0.2) is 0 Å². The number of carbonyl (C=O) groups excluding carboxylic acids is 3. The molecule has 0 saturated heterocycles. The van der Waals surface area contributed by atoms with E-state index in [2.05, 4.69) is 33.0 Å². The van der Waals surface area contributed by atoms with Gasteiger partial charge in [-0.1, -0.05) is 60.5 Å². The Kier molecular flexibility index (Phi) is 35.2. The van der Waals surface area contributed by atoms with Crippen molar-refractivity contribution in [2.75, 3.05) is 13.7 Å². The van der Waals surface area contributed by atoms with Crippen molar-refractivity contribution in [3.05, 3.63) is 29.6 Å². The summed E-state index contributed by atoms with van der Waals surface area (Å²) >= 11 is 0. The van der Waals surface area contributed by atoms with Crippen LogP contribution in [0.4, 0.5) is 4.39 Å². The minimum atomic E-state index is -0.180. The maximum Gasteiger partial charge on any atom is 0.129 e. The number of aldehydes is 1. The molecule has 0 aliphatic heterocycles. The second-order valence-corrected chi connectivity index (χ2v) is 9.21. The van der Waals surface area contributed by atoms with Crippen molar-refractivity contribution < 1.29 is 23.5 Å². The van der Waals surface area contributed by atoms with Crippen LogP contribution < -0.4 is 10.1 Å². The lowest BCUT2D eigenvalue weighted by Crippen LogP contribution is -2.37. The van der Waals surface area contributed by atoms with E-state index in [1.54, 1.807) is 13.0 Å². The molecule has 0 bridgehead atoms. The molecular weight excluding hydrogens is 481 g/mol. The maximum absolute atomic E-state index is 13.4. The summed E-state index contributed by atoms with van der Waals surface area (Å²) in [7, 11) is 2.01. The molecule has 0 atom stereocenters. The first-order valence-corrected chi connectivity index (χ1v) is 14.4. The van der Waals surface area contributed by atoms with Crippen molar-refractivity contribution in [2.24, 2.45) is 11.3 Å². The van der Waals surface area contributed by atoms with Gasteiger partial charge in [0.2, 0.25) is 0 Å². The lowest BCUT2D eigenvalue weighted by Gasteiger charge is -2.48. The summed E-state index contributed by atoms with van der Waals surface area (Å²) < 4.78 is 19.1. The van der Waals surface area contributed by atoms with E-state index < -0.39 is 0 Å². The van der Waals surface area contributed by atoms with Crippen LogP contribution in [0.25, 0.3) is 0 Å². The summed E-state index contributed by atoms with van der Waals surface area (Å²) in [5.74, 6) is 1.36.